The number of carbonyl (C=O) groups excluding carboxylic acids is 2. The summed E-state index contributed by atoms with van der Waals surface area (Å²) in [4.78, 5) is 31.3. The number of rotatable bonds is 9. The number of likely N-dealkylation sites (tertiary alicyclic amines) is 1. The minimum atomic E-state index is -0.254. The normalized spacial score (nSPS) is 14.9. The van der Waals surface area contributed by atoms with E-state index in [0.29, 0.717) is 45.4 Å². The second-order valence-electron chi connectivity index (χ2n) is 6.53. The van der Waals surface area contributed by atoms with Gasteiger partial charge in [-0.15, -0.1) is 24.0 Å². The number of ether oxygens (including phenoxy) is 2. The topological polar surface area (TPSA) is 95.5 Å². The van der Waals surface area contributed by atoms with Crippen LogP contribution >= 0.6 is 24.0 Å². The molecule has 1 heterocycles. The van der Waals surface area contributed by atoms with Crippen molar-refractivity contribution in [1.29, 1.82) is 0 Å². The van der Waals surface area contributed by atoms with Crippen molar-refractivity contribution in [2.75, 3.05) is 60.1 Å². The van der Waals surface area contributed by atoms with Crippen LogP contribution in [-0.4, -0.2) is 93.9 Å². The van der Waals surface area contributed by atoms with Gasteiger partial charge in [0.15, 0.2) is 5.96 Å². The van der Waals surface area contributed by atoms with E-state index in [4.69, 9.17) is 9.47 Å². The van der Waals surface area contributed by atoms with Gasteiger partial charge in [0.2, 0.25) is 5.91 Å². The van der Waals surface area contributed by atoms with Gasteiger partial charge in [-0.2, -0.15) is 0 Å². The number of hydrogen-bond donors (Lipinski definition) is 2. The summed E-state index contributed by atoms with van der Waals surface area (Å²) in [5, 5.41) is 6.64. The van der Waals surface area contributed by atoms with Gasteiger partial charge in [-0.1, -0.05) is 0 Å². The maximum Gasteiger partial charge on any atom is 0.409 e. The molecule has 28 heavy (non-hydrogen) atoms. The Morgan fingerprint density at radius 3 is 2.43 bits per heavy atom. The highest BCUT2D eigenvalue weighted by Gasteiger charge is 2.24. The maximum absolute atomic E-state index is 11.8. The Labute approximate surface area is 185 Å². The van der Waals surface area contributed by atoms with Crippen molar-refractivity contribution in [3.8, 4) is 0 Å². The van der Waals surface area contributed by atoms with Gasteiger partial charge in [0, 0.05) is 53.0 Å². The molecule has 2 amide bonds. The molecule has 0 unspecified atom stereocenters. The van der Waals surface area contributed by atoms with Crippen molar-refractivity contribution >= 4 is 41.9 Å². The number of amides is 2. The zero-order valence-electron chi connectivity index (χ0n) is 17.5. The summed E-state index contributed by atoms with van der Waals surface area (Å²) in [5.41, 5.74) is 0. The third kappa shape index (κ3) is 10.9. The monoisotopic (exact) mass is 513 g/mol. The first kappa shape index (κ1) is 26.7. The minimum absolute atomic E-state index is 0. The van der Waals surface area contributed by atoms with Gasteiger partial charge in [0.1, 0.15) is 6.54 Å². The first-order valence-corrected chi connectivity index (χ1v) is 9.72. The molecule has 0 aromatic rings. The van der Waals surface area contributed by atoms with Crippen LogP contribution in [0.15, 0.2) is 4.99 Å². The summed E-state index contributed by atoms with van der Waals surface area (Å²) in [6, 6.07) is 0.197. The molecule has 1 saturated heterocycles. The fourth-order valence-electron chi connectivity index (χ4n) is 2.58. The summed E-state index contributed by atoms with van der Waals surface area (Å²) in [6.45, 7) is 7.65. The smallest absolute Gasteiger partial charge is 0.409 e. The van der Waals surface area contributed by atoms with Gasteiger partial charge >= 0.3 is 6.09 Å². The van der Waals surface area contributed by atoms with Crippen molar-refractivity contribution in [2.24, 2.45) is 4.99 Å². The van der Waals surface area contributed by atoms with Crippen LogP contribution in [0.3, 0.4) is 0 Å². The number of guanidine groups is 1. The first-order chi connectivity index (χ1) is 13.0. The molecule has 0 bridgehead atoms. The second-order valence-corrected chi connectivity index (χ2v) is 6.53. The highest BCUT2D eigenvalue weighted by molar-refractivity contribution is 14.0. The molecule has 1 aliphatic rings. The van der Waals surface area contributed by atoms with Crippen LogP contribution < -0.4 is 10.6 Å². The van der Waals surface area contributed by atoms with E-state index in [1.54, 1.807) is 25.9 Å². The van der Waals surface area contributed by atoms with Crippen LogP contribution in [0.2, 0.25) is 0 Å². The van der Waals surface area contributed by atoms with Gasteiger partial charge in [-0.25, -0.2) is 9.79 Å². The number of carbonyl (C=O) groups is 2. The molecule has 0 aromatic carbocycles. The SMILES string of the molecule is CCOCCCNC(=NCC(=O)N(C)C)NC1CCN(C(=O)OCC)CC1.I. The van der Waals surface area contributed by atoms with E-state index in [2.05, 4.69) is 15.6 Å². The lowest BCUT2D eigenvalue weighted by Gasteiger charge is -2.32. The highest BCUT2D eigenvalue weighted by atomic mass is 127. The molecule has 0 radical (unpaired) electrons. The average molecular weight is 513 g/mol. The van der Waals surface area contributed by atoms with Crippen LogP contribution in [0.1, 0.15) is 33.1 Å². The van der Waals surface area contributed by atoms with Crippen LogP contribution in [0, 0.1) is 0 Å². The fourth-order valence-corrected chi connectivity index (χ4v) is 2.58. The van der Waals surface area contributed by atoms with E-state index in [1.165, 1.54) is 4.90 Å². The minimum Gasteiger partial charge on any atom is -0.450 e. The Hall–Kier alpha value is -1.30. The molecular formula is C18H36IN5O4. The Morgan fingerprint density at radius 2 is 1.86 bits per heavy atom. The van der Waals surface area contributed by atoms with Crippen LogP contribution in [-0.2, 0) is 14.3 Å². The Bertz CT molecular complexity index is 483. The lowest BCUT2D eigenvalue weighted by atomic mass is 10.1. The Kier molecular flexibility index (Phi) is 14.9. The van der Waals surface area contributed by atoms with E-state index in [-0.39, 0.29) is 48.6 Å². The molecule has 0 saturated carbocycles. The van der Waals surface area contributed by atoms with E-state index < -0.39 is 0 Å². The number of aliphatic imine (C=N–C) groups is 1. The van der Waals surface area contributed by atoms with Crippen LogP contribution in [0.25, 0.3) is 0 Å². The summed E-state index contributed by atoms with van der Waals surface area (Å²) in [7, 11) is 3.43. The van der Waals surface area contributed by atoms with Crippen LogP contribution in [0.4, 0.5) is 4.79 Å². The second kappa shape index (κ2) is 15.6. The van der Waals surface area contributed by atoms with Crippen LogP contribution in [0.5, 0.6) is 0 Å². The molecule has 0 aromatic heterocycles. The third-order valence-corrected chi connectivity index (χ3v) is 4.20. The lowest BCUT2D eigenvalue weighted by Crippen LogP contribution is -2.50. The van der Waals surface area contributed by atoms with Gasteiger partial charge in [-0.3, -0.25) is 4.79 Å². The fraction of sp³-hybridized carbons (Fsp3) is 0.833. The number of likely N-dealkylation sites (N-methyl/N-ethyl adjacent to an activating group) is 1. The number of nitrogens with zero attached hydrogens (tertiary/aromatic N) is 3. The van der Waals surface area contributed by atoms with Gasteiger partial charge in [0.25, 0.3) is 0 Å². The quantitative estimate of drug-likeness (QED) is 0.209. The van der Waals surface area contributed by atoms with Crippen molar-refractivity contribution in [2.45, 2.75) is 39.2 Å². The largest absolute Gasteiger partial charge is 0.450 e. The Morgan fingerprint density at radius 1 is 1.18 bits per heavy atom. The molecule has 0 aliphatic carbocycles. The van der Waals surface area contributed by atoms with E-state index in [0.717, 1.165) is 19.3 Å². The molecule has 0 atom stereocenters. The van der Waals surface area contributed by atoms with E-state index in [9.17, 15) is 9.59 Å². The lowest BCUT2D eigenvalue weighted by molar-refractivity contribution is -0.127. The maximum atomic E-state index is 11.8. The summed E-state index contributed by atoms with van der Waals surface area (Å²) in [5.74, 6) is 0.568. The molecule has 1 aliphatic heterocycles. The molecule has 1 fully saturated rings. The summed E-state index contributed by atoms with van der Waals surface area (Å²) < 4.78 is 10.4. The molecule has 164 valence electrons. The predicted molar refractivity (Wildman–Crippen MR) is 120 cm³/mol. The standard InChI is InChI=1S/C18H35N5O4.HI/c1-5-26-13-7-10-19-17(20-14-16(24)22(3)4)21-15-8-11-23(12-9-15)18(25)27-6-2;/h15H,5-14H2,1-4H3,(H2,19,20,21);1H. The zero-order valence-corrected chi connectivity index (χ0v) is 19.9. The molecule has 2 N–H and O–H groups in total. The number of piperidine rings is 1. The molecular weight excluding hydrogens is 477 g/mol. The van der Waals surface area contributed by atoms with Crippen molar-refractivity contribution < 1.29 is 19.1 Å². The zero-order chi connectivity index (χ0) is 20.1. The van der Waals surface area contributed by atoms with Crippen molar-refractivity contribution in [1.82, 2.24) is 20.4 Å². The summed E-state index contributed by atoms with van der Waals surface area (Å²) in [6.07, 6.45) is 2.22. The Balaban J connectivity index is 0.00000729. The number of hydrogen-bond acceptors (Lipinski definition) is 5. The summed E-state index contributed by atoms with van der Waals surface area (Å²) >= 11 is 0. The van der Waals surface area contributed by atoms with Crippen molar-refractivity contribution in [3.63, 3.8) is 0 Å². The molecule has 9 nitrogen and oxygen atoms in total. The first-order valence-electron chi connectivity index (χ1n) is 9.72. The van der Waals surface area contributed by atoms with E-state index >= 15 is 0 Å². The molecule has 0 spiro atoms. The molecule has 10 heteroatoms. The van der Waals surface area contributed by atoms with Gasteiger partial charge in [-0.05, 0) is 33.1 Å². The average Bonchev–Trinajstić information content (AvgIpc) is 2.66. The molecule has 1 rings (SSSR count). The predicted octanol–water partition coefficient (Wildman–Crippen LogP) is 1.28. The third-order valence-electron chi connectivity index (χ3n) is 4.20. The van der Waals surface area contributed by atoms with Gasteiger partial charge in [0.05, 0.1) is 6.61 Å². The van der Waals surface area contributed by atoms with E-state index in [1.807, 2.05) is 6.92 Å². The highest BCUT2D eigenvalue weighted by Crippen LogP contribution is 2.11. The number of nitrogens with one attached hydrogen (secondary N) is 2. The van der Waals surface area contributed by atoms with Gasteiger partial charge < -0.3 is 29.9 Å². The van der Waals surface area contributed by atoms with Crippen molar-refractivity contribution in [3.05, 3.63) is 0 Å². The number of halogens is 1.